The Hall–Kier alpha value is -0.770. The molecule has 2 rings (SSSR count). The molecule has 0 amide bonds. The van der Waals surface area contributed by atoms with Crippen LogP contribution in [-0.2, 0) is 0 Å². The van der Waals surface area contributed by atoms with Gasteiger partial charge >= 0.3 is 0 Å². The molecule has 2 aliphatic rings. The number of hydrogen-bond acceptors (Lipinski definition) is 4. The Bertz CT molecular complexity index is 359. The van der Waals surface area contributed by atoms with Gasteiger partial charge in [-0.3, -0.25) is 4.99 Å². The fourth-order valence-electron chi connectivity index (χ4n) is 4.10. The number of rotatable bonds is 5. The minimum Gasteiger partial charge on any atom is -0.370 e. The molecule has 4 heteroatoms. The lowest BCUT2D eigenvalue weighted by Crippen LogP contribution is -2.57. The van der Waals surface area contributed by atoms with Crippen LogP contribution in [0.4, 0.5) is 0 Å². The number of guanidine groups is 1. The van der Waals surface area contributed by atoms with Gasteiger partial charge in [-0.25, -0.2) is 0 Å². The maximum absolute atomic E-state index is 6.20. The lowest BCUT2D eigenvalue weighted by Gasteiger charge is -2.48. The Morgan fingerprint density at radius 2 is 1.95 bits per heavy atom. The van der Waals surface area contributed by atoms with Crippen LogP contribution in [0.5, 0.6) is 0 Å². The molecular formula is C16H32N4. The monoisotopic (exact) mass is 280 g/mol. The number of hydrogen-bond donors (Lipinski definition) is 1. The van der Waals surface area contributed by atoms with Crippen molar-refractivity contribution in [2.24, 2.45) is 16.1 Å². The van der Waals surface area contributed by atoms with E-state index in [2.05, 4.69) is 42.5 Å². The van der Waals surface area contributed by atoms with Crippen molar-refractivity contribution in [3.8, 4) is 0 Å². The highest BCUT2D eigenvalue weighted by Crippen LogP contribution is 2.45. The summed E-state index contributed by atoms with van der Waals surface area (Å²) in [6.07, 6.45) is 5.11. The SMILES string of the molecule is CCN(CC)CCN1C(N)=NCC12CCCC(C)(C)C2. The molecule has 0 bridgehead atoms. The summed E-state index contributed by atoms with van der Waals surface area (Å²) in [5, 5.41) is 0. The molecule has 0 aromatic rings. The highest BCUT2D eigenvalue weighted by Gasteiger charge is 2.47. The minimum atomic E-state index is 0.207. The first-order valence-corrected chi connectivity index (χ1v) is 8.22. The standard InChI is InChI=1S/C16H32N4/c1-5-19(6-2)10-11-20-14(17)18-13-16(20)9-7-8-15(3,4)12-16/h5-13H2,1-4H3,(H2,17,18). The Balaban J connectivity index is 2.06. The summed E-state index contributed by atoms with van der Waals surface area (Å²) in [4.78, 5) is 9.48. The van der Waals surface area contributed by atoms with Gasteiger partial charge < -0.3 is 15.5 Å². The summed E-state index contributed by atoms with van der Waals surface area (Å²) >= 11 is 0. The highest BCUT2D eigenvalue weighted by molar-refractivity contribution is 5.81. The van der Waals surface area contributed by atoms with Gasteiger partial charge in [-0.1, -0.05) is 34.1 Å². The third kappa shape index (κ3) is 3.11. The lowest BCUT2D eigenvalue weighted by molar-refractivity contribution is 0.0621. The molecule has 1 atom stereocenters. The van der Waals surface area contributed by atoms with Crippen molar-refractivity contribution in [1.82, 2.24) is 9.80 Å². The van der Waals surface area contributed by atoms with Gasteiger partial charge in [0.2, 0.25) is 0 Å². The van der Waals surface area contributed by atoms with Crippen molar-refractivity contribution in [3.05, 3.63) is 0 Å². The van der Waals surface area contributed by atoms with Crippen LogP contribution in [0.1, 0.15) is 53.4 Å². The molecule has 0 aromatic heterocycles. The molecule has 1 fully saturated rings. The molecule has 0 aromatic carbocycles. The van der Waals surface area contributed by atoms with E-state index in [0.29, 0.717) is 5.41 Å². The number of nitrogens with two attached hydrogens (primary N) is 1. The van der Waals surface area contributed by atoms with E-state index in [4.69, 9.17) is 5.73 Å². The number of nitrogens with zero attached hydrogens (tertiary/aromatic N) is 3. The van der Waals surface area contributed by atoms with Crippen molar-refractivity contribution in [2.75, 3.05) is 32.7 Å². The molecule has 1 aliphatic heterocycles. The molecule has 1 aliphatic carbocycles. The Morgan fingerprint density at radius 3 is 2.55 bits per heavy atom. The molecule has 1 unspecified atom stereocenters. The Labute approximate surface area is 124 Å². The van der Waals surface area contributed by atoms with Crippen LogP contribution in [0.15, 0.2) is 4.99 Å². The topological polar surface area (TPSA) is 44.9 Å². The summed E-state index contributed by atoms with van der Waals surface area (Å²) in [5.74, 6) is 0.773. The zero-order valence-corrected chi connectivity index (χ0v) is 13.8. The van der Waals surface area contributed by atoms with Crippen molar-refractivity contribution < 1.29 is 0 Å². The van der Waals surface area contributed by atoms with Crippen molar-refractivity contribution in [2.45, 2.75) is 58.9 Å². The van der Waals surface area contributed by atoms with Crippen molar-refractivity contribution in [3.63, 3.8) is 0 Å². The van der Waals surface area contributed by atoms with E-state index in [0.717, 1.165) is 38.7 Å². The van der Waals surface area contributed by atoms with E-state index in [1.807, 2.05) is 0 Å². The van der Waals surface area contributed by atoms with Gasteiger partial charge in [0, 0.05) is 13.1 Å². The minimum absolute atomic E-state index is 0.207. The molecule has 1 spiro atoms. The summed E-state index contributed by atoms with van der Waals surface area (Å²) in [6, 6.07) is 0. The highest BCUT2D eigenvalue weighted by atomic mass is 15.4. The molecule has 116 valence electrons. The number of likely N-dealkylation sites (N-methyl/N-ethyl adjacent to an activating group) is 1. The molecule has 1 saturated carbocycles. The van der Waals surface area contributed by atoms with Gasteiger partial charge in [0.25, 0.3) is 0 Å². The van der Waals surface area contributed by atoms with E-state index >= 15 is 0 Å². The van der Waals surface area contributed by atoms with Crippen LogP contribution in [0.25, 0.3) is 0 Å². The van der Waals surface area contributed by atoms with Crippen LogP contribution in [0.3, 0.4) is 0 Å². The summed E-state index contributed by atoms with van der Waals surface area (Å²) in [5.41, 5.74) is 6.83. The quantitative estimate of drug-likeness (QED) is 0.840. The fraction of sp³-hybridized carbons (Fsp3) is 0.938. The van der Waals surface area contributed by atoms with E-state index in [-0.39, 0.29) is 5.54 Å². The molecule has 1 heterocycles. The zero-order chi connectivity index (χ0) is 14.8. The molecule has 2 N–H and O–H groups in total. The summed E-state index contributed by atoms with van der Waals surface area (Å²) < 4.78 is 0. The average Bonchev–Trinajstić information content (AvgIpc) is 2.67. The molecule has 0 radical (unpaired) electrons. The van der Waals surface area contributed by atoms with E-state index < -0.39 is 0 Å². The first-order chi connectivity index (χ1) is 9.42. The normalized spacial score (nSPS) is 29.2. The first-order valence-electron chi connectivity index (χ1n) is 8.22. The molecule has 20 heavy (non-hydrogen) atoms. The van der Waals surface area contributed by atoms with Crippen molar-refractivity contribution >= 4 is 5.96 Å². The predicted molar refractivity (Wildman–Crippen MR) is 86.0 cm³/mol. The van der Waals surface area contributed by atoms with Crippen molar-refractivity contribution in [1.29, 1.82) is 0 Å². The second-order valence-electron chi connectivity index (χ2n) is 7.27. The third-order valence-electron chi connectivity index (χ3n) is 5.22. The maximum atomic E-state index is 6.20. The molecule has 4 nitrogen and oxygen atoms in total. The lowest BCUT2D eigenvalue weighted by atomic mass is 9.67. The van der Waals surface area contributed by atoms with Crippen LogP contribution < -0.4 is 5.73 Å². The van der Waals surface area contributed by atoms with Crippen LogP contribution in [0.2, 0.25) is 0 Å². The average molecular weight is 280 g/mol. The van der Waals surface area contributed by atoms with Crippen LogP contribution in [0, 0.1) is 5.41 Å². The second kappa shape index (κ2) is 5.92. The smallest absolute Gasteiger partial charge is 0.191 e. The first kappa shape index (κ1) is 15.6. The van der Waals surface area contributed by atoms with Gasteiger partial charge in [-0.2, -0.15) is 0 Å². The third-order valence-corrected chi connectivity index (χ3v) is 5.22. The Morgan fingerprint density at radius 1 is 1.25 bits per heavy atom. The van der Waals surface area contributed by atoms with E-state index in [1.54, 1.807) is 0 Å². The molecule has 0 saturated heterocycles. The summed E-state index contributed by atoms with van der Waals surface area (Å²) in [6.45, 7) is 14.5. The van der Waals surface area contributed by atoms with E-state index in [9.17, 15) is 0 Å². The van der Waals surface area contributed by atoms with Crippen LogP contribution in [-0.4, -0.2) is 54.0 Å². The largest absolute Gasteiger partial charge is 0.370 e. The van der Waals surface area contributed by atoms with Gasteiger partial charge in [0.05, 0.1) is 12.1 Å². The van der Waals surface area contributed by atoms with E-state index in [1.165, 1.54) is 25.7 Å². The molecular weight excluding hydrogens is 248 g/mol. The van der Waals surface area contributed by atoms with Gasteiger partial charge in [-0.15, -0.1) is 0 Å². The fourth-order valence-corrected chi connectivity index (χ4v) is 4.10. The number of aliphatic imine (C=N–C) groups is 1. The predicted octanol–water partition coefficient (Wildman–Crippen LogP) is 2.30. The van der Waals surface area contributed by atoms with Gasteiger partial charge in [0.15, 0.2) is 5.96 Å². The second-order valence-corrected chi connectivity index (χ2v) is 7.27. The van der Waals surface area contributed by atoms with Crippen LogP contribution >= 0.6 is 0 Å². The Kier molecular flexibility index (Phi) is 4.62. The van der Waals surface area contributed by atoms with Gasteiger partial charge in [-0.05, 0) is 37.8 Å². The summed E-state index contributed by atoms with van der Waals surface area (Å²) in [7, 11) is 0. The zero-order valence-electron chi connectivity index (χ0n) is 13.8. The maximum Gasteiger partial charge on any atom is 0.191 e. The van der Waals surface area contributed by atoms with Gasteiger partial charge in [0.1, 0.15) is 0 Å².